The fourth-order valence-corrected chi connectivity index (χ4v) is 1.24. The zero-order valence-electron chi connectivity index (χ0n) is 7.70. The number of nitrogens with two attached hydrogens (primary N) is 1. The van der Waals surface area contributed by atoms with E-state index in [1.165, 1.54) is 0 Å². The number of rotatable bonds is 4. The smallest absolute Gasteiger partial charge is 0.143 e. The van der Waals surface area contributed by atoms with Gasteiger partial charge in [0, 0.05) is 6.54 Å². The minimum absolute atomic E-state index is 0.0393. The van der Waals surface area contributed by atoms with Crippen molar-refractivity contribution in [1.29, 1.82) is 0 Å². The van der Waals surface area contributed by atoms with Crippen LogP contribution in [0.15, 0.2) is 6.33 Å². The van der Waals surface area contributed by atoms with Crippen LogP contribution < -0.4 is 5.73 Å². The van der Waals surface area contributed by atoms with Gasteiger partial charge in [0.1, 0.15) is 12.2 Å². The number of hydrogen-bond acceptors (Lipinski definition) is 3. The van der Waals surface area contributed by atoms with E-state index in [9.17, 15) is 0 Å². The molecule has 0 saturated carbocycles. The molecule has 0 radical (unpaired) electrons. The van der Waals surface area contributed by atoms with Crippen molar-refractivity contribution in [3.63, 3.8) is 0 Å². The van der Waals surface area contributed by atoms with Gasteiger partial charge >= 0.3 is 0 Å². The van der Waals surface area contributed by atoms with Crippen LogP contribution in [0.5, 0.6) is 0 Å². The maximum atomic E-state index is 5.90. The van der Waals surface area contributed by atoms with Crippen molar-refractivity contribution >= 4 is 0 Å². The first-order chi connectivity index (χ1) is 5.79. The summed E-state index contributed by atoms with van der Waals surface area (Å²) in [5.74, 6) is 0.902. The lowest BCUT2D eigenvalue weighted by molar-refractivity contribution is 0.531. The average Bonchev–Trinajstić information content (AvgIpc) is 2.51. The molecule has 0 aliphatic carbocycles. The second kappa shape index (κ2) is 4.21. The van der Waals surface area contributed by atoms with Gasteiger partial charge in [0.2, 0.25) is 0 Å². The lowest BCUT2D eigenvalue weighted by Crippen LogP contribution is -2.16. The molecule has 0 saturated heterocycles. The minimum atomic E-state index is 0.0393. The topological polar surface area (TPSA) is 56.7 Å². The first-order valence-electron chi connectivity index (χ1n) is 4.42. The maximum absolute atomic E-state index is 5.90. The summed E-state index contributed by atoms with van der Waals surface area (Å²) in [5.41, 5.74) is 5.90. The summed E-state index contributed by atoms with van der Waals surface area (Å²) in [6.07, 6.45) is 3.62. The predicted octanol–water partition coefficient (Wildman–Crippen LogP) is 1.10. The number of nitrogens with zero attached hydrogens (tertiary/aromatic N) is 3. The summed E-state index contributed by atoms with van der Waals surface area (Å²) in [4.78, 5) is 4.13. The molecule has 0 fully saturated rings. The molecule has 0 spiro atoms. The summed E-state index contributed by atoms with van der Waals surface area (Å²) in [6, 6.07) is 0.0393. The van der Waals surface area contributed by atoms with Crippen molar-refractivity contribution in [3.05, 3.63) is 12.2 Å². The minimum Gasteiger partial charge on any atom is -0.321 e. The predicted molar refractivity (Wildman–Crippen MR) is 47.5 cm³/mol. The summed E-state index contributed by atoms with van der Waals surface area (Å²) < 4.78 is 1.85. The molecule has 4 heteroatoms. The van der Waals surface area contributed by atoms with Crippen molar-refractivity contribution in [2.45, 2.75) is 39.3 Å². The third-order valence-electron chi connectivity index (χ3n) is 1.88. The van der Waals surface area contributed by atoms with Crippen LogP contribution in [0, 0.1) is 0 Å². The van der Waals surface area contributed by atoms with Crippen molar-refractivity contribution in [1.82, 2.24) is 14.8 Å². The van der Waals surface area contributed by atoms with Gasteiger partial charge in [-0.05, 0) is 13.3 Å². The molecule has 68 valence electrons. The third kappa shape index (κ3) is 1.82. The van der Waals surface area contributed by atoms with Gasteiger partial charge in [0.15, 0.2) is 0 Å². The molecule has 1 unspecified atom stereocenters. The van der Waals surface area contributed by atoms with Crippen LogP contribution >= 0.6 is 0 Å². The van der Waals surface area contributed by atoms with Gasteiger partial charge in [-0.1, -0.05) is 13.3 Å². The Morgan fingerprint density at radius 3 is 2.92 bits per heavy atom. The monoisotopic (exact) mass is 168 g/mol. The molecule has 1 heterocycles. The van der Waals surface area contributed by atoms with Gasteiger partial charge in [-0.15, -0.1) is 0 Å². The van der Waals surface area contributed by atoms with E-state index in [1.54, 1.807) is 6.33 Å². The van der Waals surface area contributed by atoms with Crippen LogP contribution in [0.4, 0.5) is 0 Å². The van der Waals surface area contributed by atoms with Gasteiger partial charge in [-0.2, -0.15) is 5.10 Å². The molecule has 1 rings (SSSR count). The third-order valence-corrected chi connectivity index (χ3v) is 1.88. The number of hydrogen-bond donors (Lipinski definition) is 1. The van der Waals surface area contributed by atoms with E-state index in [1.807, 2.05) is 11.6 Å². The standard InChI is InChI=1S/C8H16N4/c1-3-5-7(9)8-10-6-11-12(8)4-2/h6-7H,3-5,9H2,1-2H3. The van der Waals surface area contributed by atoms with Crippen LogP contribution in [-0.4, -0.2) is 14.8 Å². The molecular weight excluding hydrogens is 152 g/mol. The Morgan fingerprint density at radius 2 is 2.33 bits per heavy atom. The molecule has 0 aliphatic heterocycles. The van der Waals surface area contributed by atoms with E-state index < -0.39 is 0 Å². The highest BCUT2D eigenvalue weighted by Crippen LogP contribution is 2.11. The molecule has 1 aromatic heterocycles. The largest absolute Gasteiger partial charge is 0.321 e. The highest BCUT2D eigenvalue weighted by molar-refractivity contribution is 4.92. The molecule has 0 bridgehead atoms. The molecule has 1 atom stereocenters. The quantitative estimate of drug-likeness (QED) is 0.732. The van der Waals surface area contributed by atoms with E-state index in [4.69, 9.17) is 5.73 Å². The van der Waals surface area contributed by atoms with Crippen LogP contribution in [-0.2, 0) is 6.54 Å². The van der Waals surface area contributed by atoms with Gasteiger partial charge in [-0.3, -0.25) is 0 Å². The highest BCUT2D eigenvalue weighted by atomic mass is 15.3. The second-order valence-electron chi connectivity index (χ2n) is 2.83. The van der Waals surface area contributed by atoms with E-state index in [-0.39, 0.29) is 6.04 Å². The lowest BCUT2D eigenvalue weighted by atomic mass is 10.2. The van der Waals surface area contributed by atoms with Crippen molar-refractivity contribution in [3.8, 4) is 0 Å². The SMILES string of the molecule is CCCC(N)c1ncnn1CC. The van der Waals surface area contributed by atoms with Crippen LogP contribution in [0.3, 0.4) is 0 Å². The van der Waals surface area contributed by atoms with Gasteiger partial charge < -0.3 is 5.73 Å². The molecule has 1 aromatic rings. The van der Waals surface area contributed by atoms with E-state index in [0.29, 0.717) is 0 Å². The zero-order chi connectivity index (χ0) is 8.97. The van der Waals surface area contributed by atoms with Gasteiger partial charge in [0.25, 0.3) is 0 Å². The van der Waals surface area contributed by atoms with Crippen LogP contribution in [0.1, 0.15) is 38.6 Å². The summed E-state index contributed by atoms with van der Waals surface area (Å²) in [6.45, 7) is 5.00. The van der Waals surface area contributed by atoms with Gasteiger partial charge in [0.05, 0.1) is 6.04 Å². The first-order valence-corrected chi connectivity index (χ1v) is 4.42. The average molecular weight is 168 g/mol. The molecule has 12 heavy (non-hydrogen) atoms. The summed E-state index contributed by atoms with van der Waals surface area (Å²) >= 11 is 0. The molecule has 0 aromatic carbocycles. The molecule has 0 aliphatic rings. The molecular formula is C8H16N4. The van der Waals surface area contributed by atoms with Crippen LogP contribution in [0.2, 0.25) is 0 Å². The van der Waals surface area contributed by atoms with Gasteiger partial charge in [-0.25, -0.2) is 9.67 Å². The number of aromatic nitrogens is 3. The summed E-state index contributed by atoms with van der Waals surface area (Å²) in [7, 11) is 0. The molecule has 2 N–H and O–H groups in total. The fourth-order valence-electron chi connectivity index (χ4n) is 1.24. The Morgan fingerprint density at radius 1 is 1.58 bits per heavy atom. The Balaban J connectivity index is 2.71. The maximum Gasteiger partial charge on any atom is 0.143 e. The Bertz CT molecular complexity index is 231. The number of aryl methyl sites for hydroxylation is 1. The van der Waals surface area contributed by atoms with Crippen molar-refractivity contribution in [2.24, 2.45) is 5.73 Å². The first kappa shape index (κ1) is 9.19. The lowest BCUT2D eigenvalue weighted by Gasteiger charge is -2.09. The zero-order valence-corrected chi connectivity index (χ0v) is 7.70. The van der Waals surface area contributed by atoms with Crippen molar-refractivity contribution in [2.75, 3.05) is 0 Å². The Hall–Kier alpha value is -0.900. The Labute approximate surface area is 72.8 Å². The van der Waals surface area contributed by atoms with Crippen LogP contribution in [0.25, 0.3) is 0 Å². The fraction of sp³-hybridized carbons (Fsp3) is 0.750. The summed E-state index contributed by atoms with van der Waals surface area (Å²) in [5, 5.41) is 4.06. The molecule has 4 nitrogen and oxygen atoms in total. The Kier molecular flexibility index (Phi) is 3.22. The van der Waals surface area contributed by atoms with Crippen molar-refractivity contribution < 1.29 is 0 Å². The second-order valence-corrected chi connectivity index (χ2v) is 2.83. The highest BCUT2D eigenvalue weighted by Gasteiger charge is 2.10. The van der Waals surface area contributed by atoms with E-state index in [0.717, 1.165) is 25.2 Å². The normalized spacial score (nSPS) is 13.2. The van der Waals surface area contributed by atoms with E-state index >= 15 is 0 Å². The van der Waals surface area contributed by atoms with E-state index in [2.05, 4.69) is 17.0 Å². The molecule has 0 amide bonds.